The molecule has 0 fully saturated rings. The van der Waals surface area contributed by atoms with E-state index in [2.05, 4.69) is 5.32 Å². The summed E-state index contributed by atoms with van der Waals surface area (Å²) in [6.45, 7) is 0.322. The molecule has 0 saturated heterocycles. The van der Waals surface area contributed by atoms with Crippen LogP contribution < -0.4 is 11.1 Å². The SMILES string of the molecule is NC(=O)c1cccc(CNC(=O)/C=C/c2ccco2)c1. The number of nitrogens with one attached hydrogen (secondary N) is 1. The summed E-state index contributed by atoms with van der Waals surface area (Å²) in [4.78, 5) is 22.6. The number of hydrogen-bond donors (Lipinski definition) is 2. The van der Waals surface area contributed by atoms with Gasteiger partial charge >= 0.3 is 0 Å². The van der Waals surface area contributed by atoms with Crippen molar-refractivity contribution in [2.24, 2.45) is 5.73 Å². The van der Waals surface area contributed by atoms with Crippen LogP contribution in [-0.4, -0.2) is 11.8 Å². The Hall–Kier alpha value is -2.82. The fraction of sp³-hybridized carbons (Fsp3) is 0.0667. The molecule has 102 valence electrons. The van der Waals surface area contributed by atoms with Gasteiger partial charge in [0.2, 0.25) is 11.8 Å². The fourth-order valence-corrected chi connectivity index (χ4v) is 1.63. The number of amides is 2. The standard InChI is InChI=1S/C15H14N2O3/c16-15(19)12-4-1-3-11(9-12)10-17-14(18)7-6-13-5-2-8-20-13/h1-9H,10H2,(H2,16,19)(H,17,18)/b7-6+. The molecule has 0 bridgehead atoms. The number of carbonyl (C=O) groups excluding carboxylic acids is 2. The number of nitrogens with two attached hydrogens (primary N) is 1. The van der Waals surface area contributed by atoms with Crippen LogP contribution >= 0.6 is 0 Å². The van der Waals surface area contributed by atoms with Crippen LogP contribution in [0.5, 0.6) is 0 Å². The molecule has 0 atom stereocenters. The van der Waals surface area contributed by atoms with Crippen molar-refractivity contribution in [3.63, 3.8) is 0 Å². The third-order valence-electron chi connectivity index (χ3n) is 2.62. The Morgan fingerprint density at radius 2 is 2.10 bits per heavy atom. The van der Waals surface area contributed by atoms with E-state index in [0.29, 0.717) is 17.9 Å². The Balaban J connectivity index is 1.90. The van der Waals surface area contributed by atoms with Gasteiger partial charge in [-0.15, -0.1) is 0 Å². The lowest BCUT2D eigenvalue weighted by Gasteiger charge is -2.04. The van der Waals surface area contributed by atoms with Crippen LogP contribution in [0.4, 0.5) is 0 Å². The van der Waals surface area contributed by atoms with E-state index >= 15 is 0 Å². The highest BCUT2D eigenvalue weighted by molar-refractivity contribution is 5.93. The number of primary amides is 1. The van der Waals surface area contributed by atoms with Gasteiger partial charge in [0.1, 0.15) is 5.76 Å². The molecule has 2 amide bonds. The van der Waals surface area contributed by atoms with Crippen molar-refractivity contribution in [1.29, 1.82) is 0 Å². The van der Waals surface area contributed by atoms with E-state index in [1.165, 1.54) is 12.3 Å². The summed E-state index contributed by atoms with van der Waals surface area (Å²) >= 11 is 0. The molecule has 5 heteroatoms. The summed E-state index contributed by atoms with van der Waals surface area (Å²) in [6.07, 6.45) is 4.50. The van der Waals surface area contributed by atoms with Gasteiger partial charge in [0.15, 0.2) is 0 Å². The number of carbonyl (C=O) groups is 2. The van der Waals surface area contributed by atoms with Crippen LogP contribution in [0, 0.1) is 0 Å². The quantitative estimate of drug-likeness (QED) is 0.811. The van der Waals surface area contributed by atoms with E-state index in [1.807, 2.05) is 6.07 Å². The van der Waals surface area contributed by atoms with E-state index in [-0.39, 0.29) is 5.91 Å². The molecule has 0 radical (unpaired) electrons. The molecular weight excluding hydrogens is 256 g/mol. The van der Waals surface area contributed by atoms with Crippen molar-refractivity contribution in [1.82, 2.24) is 5.32 Å². The molecule has 2 rings (SSSR count). The van der Waals surface area contributed by atoms with E-state index in [1.54, 1.807) is 36.4 Å². The first-order valence-electron chi connectivity index (χ1n) is 6.03. The Kier molecular flexibility index (Phi) is 4.34. The second kappa shape index (κ2) is 6.38. The van der Waals surface area contributed by atoms with Gasteiger partial charge in [-0.05, 0) is 35.9 Å². The van der Waals surface area contributed by atoms with Gasteiger partial charge < -0.3 is 15.5 Å². The van der Waals surface area contributed by atoms with Crippen LogP contribution in [0.1, 0.15) is 21.7 Å². The Morgan fingerprint density at radius 1 is 1.25 bits per heavy atom. The van der Waals surface area contributed by atoms with Gasteiger partial charge in [-0.25, -0.2) is 0 Å². The summed E-state index contributed by atoms with van der Waals surface area (Å²) < 4.78 is 5.07. The minimum atomic E-state index is -0.490. The molecule has 1 heterocycles. The zero-order chi connectivity index (χ0) is 14.4. The van der Waals surface area contributed by atoms with Crippen molar-refractivity contribution in [3.8, 4) is 0 Å². The predicted octanol–water partition coefficient (Wildman–Crippen LogP) is 1.71. The minimum absolute atomic E-state index is 0.245. The smallest absolute Gasteiger partial charge is 0.248 e. The maximum absolute atomic E-state index is 11.6. The molecule has 5 nitrogen and oxygen atoms in total. The van der Waals surface area contributed by atoms with E-state index in [0.717, 1.165) is 5.56 Å². The number of hydrogen-bond acceptors (Lipinski definition) is 3. The molecule has 1 aromatic carbocycles. The molecule has 3 N–H and O–H groups in total. The first kappa shape index (κ1) is 13.6. The summed E-state index contributed by atoms with van der Waals surface area (Å²) in [6, 6.07) is 10.3. The third-order valence-corrected chi connectivity index (χ3v) is 2.62. The lowest BCUT2D eigenvalue weighted by molar-refractivity contribution is -0.116. The zero-order valence-electron chi connectivity index (χ0n) is 10.7. The van der Waals surface area contributed by atoms with Gasteiger partial charge in [-0.3, -0.25) is 9.59 Å². The topological polar surface area (TPSA) is 85.3 Å². The highest BCUT2D eigenvalue weighted by atomic mass is 16.3. The molecule has 20 heavy (non-hydrogen) atoms. The molecule has 0 spiro atoms. The van der Waals surface area contributed by atoms with Gasteiger partial charge in [0.25, 0.3) is 0 Å². The second-order valence-corrected chi connectivity index (χ2v) is 4.13. The van der Waals surface area contributed by atoms with E-state index in [4.69, 9.17) is 10.2 Å². The van der Waals surface area contributed by atoms with Crippen molar-refractivity contribution >= 4 is 17.9 Å². The molecular formula is C15H14N2O3. The lowest BCUT2D eigenvalue weighted by Crippen LogP contribution is -2.20. The van der Waals surface area contributed by atoms with Crippen molar-refractivity contribution in [2.45, 2.75) is 6.54 Å². The largest absolute Gasteiger partial charge is 0.465 e. The zero-order valence-corrected chi connectivity index (χ0v) is 10.7. The monoisotopic (exact) mass is 270 g/mol. The summed E-state index contributed by atoms with van der Waals surface area (Å²) in [7, 11) is 0. The summed E-state index contributed by atoms with van der Waals surface area (Å²) in [5, 5.41) is 2.71. The normalized spacial score (nSPS) is 10.6. The molecule has 0 aliphatic rings. The third kappa shape index (κ3) is 3.84. The van der Waals surface area contributed by atoms with Crippen molar-refractivity contribution < 1.29 is 14.0 Å². The van der Waals surface area contributed by atoms with Gasteiger partial charge in [-0.1, -0.05) is 12.1 Å². The van der Waals surface area contributed by atoms with E-state index < -0.39 is 5.91 Å². The molecule has 2 aromatic rings. The average Bonchev–Trinajstić information content (AvgIpc) is 2.96. The lowest BCUT2D eigenvalue weighted by atomic mass is 10.1. The van der Waals surface area contributed by atoms with Crippen molar-refractivity contribution in [3.05, 3.63) is 65.6 Å². The predicted molar refractivity (Wildman–Crippen MR) is 74.5 cm³/mol. The van der Waals surface area contributed by atoms with E-state index in [9.17, 15) is 9.59 Å². The molecule has 0 aliphatic heterocycles. The van der Waals surface area contributed by atoms with Gasteiger partial charge in [-0.2, -0.15) is 0 Å². The first-order valence-corrected chi connectivity index (χ1v) is 6.03. The van der Waals surface area contributed by atoms with Crippen LogP contribution in [0.25, 0.3) is 6.08 Å². The number of benzene rings is 1. The highest BCUT2D eigenvalue weighted by Crippen LogP contribution is 2.05. The van der Waals surface area contributed by atoms with Crippen LogP contribution in [0.15, 0.2) is 53.2 Å². The molecule has 0 unspecified atom stereocenters. The number of rotatable bonds is 5. The van der Waals surface area contributed by atoms with Crippen LogP contribution in [0.2, 0.25) is 0 Å². The molecule has 0 aliphatic carbocycles. The number of furan rings is 1. The Bertz CT molecular complexity index is 630. The molecule has 0 saturated carbocycles. The maximum atomic E-state index is 11.6. The minimum Gasteiger partial charge on any atom is -0.465 e. The highest BCUT2D eigenvalue weighted by Gasteiger charge is 2.02. The van der Waals surface area contributed by atoms with Gasteiger partial charge in [0.05, 0.1) is 6.26 Å². The van der Waals surface area contributed by atoms with Gasteiger partial charge in [0, 0.05) is 18.2 Å². The van der Waals surface area contributed by atoms with Crippen molar-refractivity contribution in [2.75, 3.05) is 0 Å². The second-order valence-electron chi connectivity index (χ2n) is 4.13. The fourth-order valence-electron chi connectivity index (χ4n) is 1.63. The molecule has 1 aromatic heterocycles. The maximum Gasteiger partial charge on any atom is 0.248 e. The Labute approximate surface area is 116 Å². The Morgan fingerprint density at radius 3 is 2.80 bits per heavy atom. The van der Waals surface area contributed by atoms with Crippen LogP contribution in [-0.2, 0) is 11.3 Å². The first-order chi connectivity index (χ1) is 9.65. The summed E-state index contributed by atoms with van der Waals surface area (Å²) in [5.41, 5.74) is 6.42. The van der Waals surface area contributed by atoms with Crippen LogP contribution in [0.3, 0.4) is 0 Å². The average molecular weight is 270 g/mol. The summed E-state index contributed by atoms with van der Waals surface area (Å²) in [5.74, 6) is -0.127.